The number of likely N-dealkylation sites (tertiary alicyclic amines) is 1. The number of hydrogen-bond acceptors (Lipinski definition) is 5. The van der Waals surface area contributed by atoms with Crippen molar-refractivity contribution in [2.45, 2.75) is 33.6 Å². The predicted molar refractivity (Wildman–Crippen MR) is 118 cm³/mol. The third kappa shape index (κ3) is 4.87. The summed E-state index contributed by atoms with van der Waals surface area (Å²) in [5, 5.41) is 4.82. The molecule has 160 valence electrons. The van der Waals surface area contributed by atoms with E-state index in [4.69, 9.17) is 0 Å². The zero-order valence-electron chi connectivity index (χ0n) is 17.7. The fourth-order valence-corrected chi connectivity index (χ4v) is 4.42. The van der Waals surface area contributed by atoms with Crippen molar-refractivity contribution in [3.63, 3.8) is 0 Å². The molecule has 3 rings (SSSR count). The first kappa shape index (κ1) is 22.0. The number of aromatic nitrogens is 1. The largest absolute Gasteiger partial charge is 0.343 e. The van der Waals surface area contributed by atoms with Crippen LogP contribution in [0, 0.1) is 12.8 Å². The molecule has 0 aliphatic carbocycles. The van der Waals surface area contributed by atoms with Gasteiger partial charge in [-0.2, -0.15) is 0 Å². The number of aryl methyl sites for hydroxylation is 1. The van der Waals surface area contributed by atoms with Gasteiger partial charge in [0.1, 0.15) is 5.69 Å². The van der Waals surface area contributed by atoms with E-state index in [1.54, 1.807) is 16.3 Å². The standard InChI is InChI=1S/C22H28N4O3S/c1-4-25(5-2)20(28)16-10-8-12-26(13-16)21(29)18-14-30-22(23-18)24-19(27)17-11-7-6-9-15(17)3/h6-7,9,11,14,16H,4-5,8,10,12-13H2,1-3H3,(H,23,24,27)/t16-/m1/s1. The molecule has 1 aliphatic rings. The molecular weight excluding hydrogens is 400 g/mol. The van der Waals surface area contributed by atoms with Crippen LogP contribution in [-0.4, -0.2) is 58.7 Å². The Hall–Kier alpha value is -2.74. The van der Waals surface area contributed by atoms with Crippen LogP contribution in [0.4, 0.5) is 5.13 Å². The molecule has 7 nitrogen and oxygen atoms in total. The van der Waals surface area contributed by atoms with Crippen molar-refractivity contribution in [2.75, 3.05) is 31.5 Å². The number of nitrogens with zero attached hydrogens (tertiary/aromatic N) is 3. The molecule has 1 aliphatic heterocycles. The average Bonchev–Trinajstić information content (AvgIpc) is 3.22. The first-order valence-electron chi connectivity index (χ1n) is 10.3. The van der Waals surface area contributed by atoms with Gasteiger partial charge in [0.15, 0.2) is 5.13 Å². The highest BCUT2D eigenvalue weighted by atomic mass is 32.1. The van der Waals surface area contributed by atoms with E-state index < -0.39 is 0 Å². The monoisotopic (exact) mass is 428 g/mol. The number of anilines is 1. The van der Waals surface area contributed by atoms with E-state index in [1.165, 1.54) is 11.3 Å². The van der Waals surface area contributed by atoms with E-state index >= 15 is 0 Å². The van der Waals surface area contributed by atoms with E-state index in [1.807, 2.05) is 43.9 Å². The molecule has 1 aromatic heterocycles. The summed E-state index contributed by atoms with van der Waals surface area (Å²) in [7, 11) is 0. The van der Waals surface area contributed by atoms with Gasteiger partial charge < -0.3 is 9.80 Å². The van der Waals surface area contributed by atoms with Crippen molar-refractivity contribution in [3.05, 3.63) is 46.5 Å². The van der Waals surface area contributed by atoms with Gasteiger partial charge in [0.25, 0.3) is 11.8 Å². The molecular formula is C22H28N4O3S. The summed E-state index contributed by atoms with van der Waals surface area (Å²) < 4.78 is 0. The Morgan fingerprint density at radius 2 is 1.97 bits per heavy atom. The van der Waals surface area contributed by atoms with Gasteiger partial charge in [-0.1, -0.05) is 18.2 Å². The molecule has 2 aromatic rings. The van der Waals surface area contributed by atoms with Crippen molar-refractivity contribution in [1.82, 2.24) is 14.8 Å². The Bertz CT molecular complexity index is 923. The van der Waals surface area contributed by atoms with Crippen LogP contribution in [0.5, 0.6) is 0 Å². The normalized spacial score (nSPS) is 16.2. The van der Waals surface area contributed by atoms with Gasteiger partial charge in [0, 0.05) is 37.1 Å². The highest BCUT2D eigenvalue weighted by Gasteiger charge is 2.31. The van der Waals surface area contributed by atoms with Crippen LogP contribution in [0.3, 0.4) is 0 Å². The third-order valence-corrected chi connectivity index (χ3v) is 6.22. The van der Waals surface area contributed by atoms with Crippen molar-refractivity contribution in [2.24, 2.45) is 5.92 Å². The molecule has 8 heteroatoms. The van der Waals surface area contributed by atoms with Crippen molar-refractivity contribution in [3.8, 4) is 0 Å². The molecule has 0 unspecified atom stereocenters. The van der Waals surface area contributed by atoms with Crippen LogP contribution in [0.2, 0.25) is 0 Å². The maximum Gasteiger partial charge on any atom is 0.273 e. The number of benzene rings is 1. The van der Waals surface area contributed by atoms with E-state index in [-0.39, 0.29) is 23.6 Å². The first-order valence-corrected chi connectivity index (χ1v) is 11.2. The lowest BCUT2D eigenvalue weighted by Crippen LogP contribution is -2.46. The van der Waals surface area contributed by atoms with Gasteiger partial charge in [-0.05, 0) is 45.2 Å². The molecule has 1 aromatic carbocycles. The maximum atomic E-state index is 12.9. The first-order chi connectivity index (χ1) is 14.4. The van der Waals surface area contributed by atoms with Gasteiger partial charge in [0.2, 0.25) is 5.91 Å². The highest BCUT2D eigenvalue weighted by molar-refractivity contribution is 7.14. The van der Waals surface area contributed by atoms with Crippen LogP contribution < -0.4 is 5.32 Å². The molecule has 1 saturated heterocycles. The minimum atomic E-state index is -0.246. The zero-order chi connectivity index (χ0) is 21.7. The zero-order valence-corrected chi connectivity index (χ0v) is 18.5. The molecule has 0 spiro atoms. The van der Waals surface area contributed by atoms with Crippen LogP contribution in [0.1, 0.15) is 53.1 Å². The second-order valence-corrected chi connectivity index (χ2v) is 8.27. The van der Waals surface area contributed by atoms with Crippen molar-refractivity contribution in [1.29, 1.82) is 0 Å². The van der Waals surface area contributed by atoms with E-state index in [0.717, 1.165) is 18.4 Å². The van der Waals surface area contributed by atoms with Gasteiger partial charge in [-0.25, -0.2) is 4.98 Å². The predicted octanol–water partition coefficient (Wildman–Crippen LogP) is 3.42. The second-order valence-electron chi connectivity index (χ2n) is 7.41. The third-order valence-electron chi connectivity index (χ3n) is 5.47. The molecule has 0 bridgehead atoms. The Balaban J connectivity index is 1.65. The van der Waals surface area contributed by atoms with Crippen LogP contribution >= 0.6 is 11.3 Å². The summed E-state index contributed by atoms with van der Waals surface area (Å²) in [5.74, 6) is -0.493. The molecule has 0 saturated carbocycles. The average molecular weight is 429 g/mol. The van der Waals surface area contributed by atoms with Crippen LogP contribution in [0.25, 0.3) is 0 Å². The van der Waals surface area contributed by atoms with Crippen LogP contribution in [0.15, 0.2) is 29.6 Å². The summed E-state index contributed by atoms with van der Waals surface area (Å²) in [6, 6.07) is 7.32. The van der Waals surface area contributed by atoms with Gasteiger partial charge >= 0.3 is 0 Å². The Kier molecular flexibility index (Phi) is 7.20. The lowest BCUT2D eigenvalue weighted by molar-refractivity contribution is -0.136. The second kappa shape index (κ2) is 9.84. The smallest absolute Gasteiger partial charge is 0.273 e. The molecule has 3 amide bonds. The molecule has 0 radical (unpaired) electrons. The molecule has 2 heterocycles. The Labute approximate surface area is 181 Å². The summed E-state index contributed by atoms with van der Waals surface area (Å²) in [4.78, 5) is 45.9. The van der Waals surface area contributed by atoms with Gasteiger partial charge in [-0.3, -0.25) is 19.7 Å². The Morgan fingerprint density at radius 3 is 2.67 bits per heavy atom. The summed E-state index contributed by atoms with van der Waals surface area (Å²) in [6.45, 7) is 8.19. The molecule has 1 fully saturated rings. The van der Waals surface area contributed by atoms with Gasteiger partial charge in [-0.15, -0.1) is 11.3 Å². The highest BCUT2D eigenvalue weighted by Crippen LogP contribution is 2.23. The minimum Gasteiger partial charge on any atom is -0.343 e. The number of carbonyl (C=O) groups is 3. The number of rotatable bonds is 6. The number of amides is 3. The molecule has 1 atom stereocenters. The SMILES string of the molecule is CCN(CC)C(=O)[C@@H]1CCCN(C(=O)c2csc(NC(=O)c3ccccc3C)n2)C1. The van der Waals surface area contributed by atoms with E-state index in [2.05, 4.69) is 10.3 Å². The Morgan fingerprint density at radius 1 is 1.23 bits per heavy atom. The van der Waals surface area contributed by atoms with Crippen molar-refractivity contribution < 1.29 is 14.4 Å². The van der Waals surface area contributed by atoms with Crippen LogP contribution in [-0.2, 0) is 4.79 Å². The minimum absolute atomic E-state index is 0.113. The van der Waals surface area contributed by atoms with E-state index in [9.17, 15) is 14.4 Å². The summed E-state index contributed by atoms with van der Waals surface area (Å²) >= 11 is 1.22. The number of hydrogen-bond donors (Lipinski definition) is 1. The number of piperidine rings is 1. The molecule has 1 N–H and O–H groups in total. The summed E-state index contributed by atoms with van der Waals surface area (Å²) in [5.41, 5.74) is 1.76. The fourth-order valence-electron chi connectivity index (χ4n) is 3.74. The lowest BCUT2D eigenvalue weighted by Gasteiger charge is -2.34. The van der Waals surface area contributed by atoms with Gasteiger partial charge in [0.05, 0.1) is 5.92 Å². The number of thiazole rings is 1. The molecule has 30 heavy (non-hydrogen) atoms. The number of carbonyl (C=O) groups excluding carboxylic acids is 3. The topological polar surface area (TPSA) is 82.6 Å². The van der Waals surface area contributed by atoms with Crippen molar-refractivity contribution >= 4 is 34.2 Å². The number of nitrogens with one attached hydrogen (secondary N) is 1. The summed E-state index contributed by atoms with van der Waals surface area (Å²) in [6.07, 6.45) is 1.60. The fraction of sp³-hybridized carbons (Fsp3) is 0.455. The quantitative estimate of drug-likeness (QED) is 0.764. The lowest BCUT2D eigenvalue weighted by atomic mass is 9.96. The maximum absolute atomic E-state index is 12.9. The van der Waals surface area contributed by atoms with E-state index in [0.29, 0.717) is 42.6 Å².